The Kier molecular flexibility index (Phi) is 4.25. The SMILES string of the molecule is COC1CC(Nc2cnn(C(C)C)c(=O)c2Br)C1(C)C. The maximum absolute atomic E-state index is 12.2. The van der Waals surface area contributed by atoms with Crippen LogP contribution >= 0.6 is 15.9 Å². The predicted molar refractivity (Wildman–Crippen MR) is 83.2 cm³/mol. The Bertz CT molecular complexity index is 554. The second-order valence-corrected chi connectivity index (χ2v) is 6.99. The van der Waals surface area contributed by atoms with E-state index >= 15 is 0 Å². The summed E-state index contributed by atoms with van der Waals surface area (Å²) >= 11 is 3.38. The van der Waals surface area contributed by atoms with E-state index in [-0.39, 0.29) is 29.2 Å². The van der Waals surface area contributed by atoms with Gasteiger partial charge in [0, 0.05) is 18.6 Å². The van der Waals surface area contributed by atoms with Gasteiger partial charge in [0.05, 0.1) is 24.0 Å². The number of rotatable bonds is 4. The van der Waals surface area contributed by atoms with Crippen LogP contribution in [0.25, 0.3) is 0 Å². The van der Waals surface area contributed by atoms with Crippen molar-refractivity contribution in [2.24, 2.45) is 5.41 Å². The molecule has 0 radical (unpaired) electrons. The van der Waals surface area contributed by atoms with E-state index in [2.05, 4.69) is 40.2 Å². The number of anilines is 1. The zero-order valence-corrected chi connectivity index (χ0v) is 14.2. The number of hydrogen-bond donors (Lipinski definition) is 1. The molecule has 1 heterocycles. The van der Waals surface area contributed by atoms with Crippen molar-refractivity contribution in [3.8, 4) is 0 Å². The van der Waals surface area contributed by atoms with Gasteiger partial charge in [0.1, 0.15) is 4.47 Å². The first-order valence-corrected chi connectivity index (χ1v) is 7.65. The molecule has 1 saturated carbocycles. The summed E-state index contributed by atoms with van der Waals surface area (Å²) in [5.74, 6) is 0. The minimum atomic E-state index is -0.106. The summed E-state index contributed by atoms with van der Waals surface area (Å²) in [6.45, 7) is 8.20. The summed E-state index contributed by atoms with van der Waals surface area (Å²) in [5, 5.41) is 7.62. The average Bonchev–Trinajstić information content (AvgIpc) is 2.38. The number of aromatic nitrogens is 2. The highest BCUT2D eigenvalue weighted by molar-refractivity contribution is 9.10. The number of ether oxygens (including phenoxy) is 1. The Morgan fingerprint density at radius 1 is 1.55 bits per heavy atom. The molecule has 1 N–H and O–H groups in total. The van der Waals surface area contributed by atoms with Crippen molar-refractivity contribution in [1.29, 1.82) is 0 Å². The van der Waals surface area contributed by atoms with Gasteiger partial charge in [-0.2, -0.15) is 5.10 Å². The molecule has 0 aromatic carbocycles. The molecule has 2 rings (SSSR count). The smallest absolute Gasteiger partial charge is 0.283 e. The van der Waals surface area contributed by atoms with Crippen molar-refractivity contribution >= 4 is 21.6 Å². The van der Waals surface area contributed by atoms with E-state index in [0.717, 1.165) is 12.1 Å². The first-order chi connectivity index (χ1) is 9.28. The summed E-state index contributed by atoms with van der Waals surface area (Å²) in [7, 11) is 1.74. The molecular formula is C14H22BrN3O2. The summed E-state index contributed by atoms with van der Waals surface area (Å²) in [5.41, 5.74) is 0.686. The monoisotopic (exact) mass is 343 g/mol. The molecule has 2 atom stereocenters. The highest BCUT2D eigenvalue weighted by atomic mass is 79.9. The fraction of sp³-hybridized carbons (Fsp3) is 0.714. The Morgan fingerprint density at radius 3 is 2.70 bits per heavy atom. The molecule has 112 valence electrons. The number of halogens is 1. The van der Waals surface area contributed by atoms with Crippen molar-refractivity contribution in [1.82, 2.24) is 9.78 Å². The van der Waals surface area contributed by atoms with Gasteiger partial charge in [-0.3, -0.25) is 4.79 Å². The Hall–Kier alpha value is -0.880. The number of hydrogen-bond acceptors (Lipinski definition) is 4. The molecule has 0 spiro atoms. The zero-order valence-electron chi connectivity index (χ0n) is 12.6. The van der Waals surface area contributed by atoms with E-state index < -0.39 is 0 Å². The molecule has 20 heavy (non-hydrogen) atoms. The summed E-state index contributed by atoms with van der Waals surface area (Å²) in [4.78, 5) is 12.2. The molecule has 0 aliphatic heterocycles. The van der Waals surface area contributed by atoms with Gasteiger partial charge in [-0.15, -0.1) is 0 Å². The zero-order chi connectivity index (χ0) is 15.1. The van der Waals surface area contributed by atoms with E-state index in [1.165, 1.54) is 4.68 Å². The van der Waals surface area contributed by atoms with Gasteiger partial charge >= 0.3 is 0 Å². The van der Waals surface area contributed by atoms with Crippen LogP contribution in [0.15, 0.2) is 15.5 Å². The van der Waals surface area contributed by atoms with Crippen LogP contribution < -0.4 is 10.9 Å². The van der Waals surface area contributed by atoms with E-state index in [1.54, 1.807) is 13.3 Å². The lowest BCUT2D eigenvalue weighted by Crippen LogP contribution is -2.57. The summed E-state index contributed by atoms with van der Waals surface area (Å²) < 4.78 is 7.45. The molecule has 0 saturated heterocycles. The Balaban J connectivity index is 2.20. The van der Waals surface area contributed by atoms with Gasteiger partial charge in [-0.05, 0) is 36.2 Å². The first-order valence-electron chi connectivity index (χ1n) is 6.85. The van der Waals surface area contributed by atoms with Crippen molar-refractivity contribution < 1.29 is 4.74 Å². The summed E-state index contributed by atoms with van der Waals surface area (Å²) in [6, 6.07) is 0.325. The van der Waals surface area contributed by atoms with Gasteiger partial charge in [0.15, 0.2) is 0 Å². The topological polar surface area (TPSA) is 56.1 Å². The second kappa shape index (κ2) is 5.48. The van der Waals surface area contributed by atoms with Gasteiger partial charge in [0.25, 0.3) is 5.56 Å². The first kappa shape index (κ1) is 15.5. The average molecular weight is 344 g/mol. The third-order valence-corrected chi connectivity index (χ3v) is 4.99. The van der Waals surface area contributed by atoms with Crippen molar-refractivity contribution in [2.75, 3.05) is 12.4 Å². The van der Waals surface area contributed by atoms with E-state index in [0.29, 0.717) is 4.47 Å². The Morgan fingerprint density at radius 2 is 2.20 bits per heavy atom. The maximum atomic E-state index is 12.2. The molecular weight excluding hydrogens is 322 g/mol. The molecule has 6 heteroatoms. The van der Waals surface area contributed by atoms with Crippen LogP contribution in [0.2, 0.25) is 0 Å². The van der Waals surface area contributed by atoms with E-state index in [9.17, 15) is 4.79 Å². The molecule has 2 unspecified atom stereocenters. The summed E-state index contributed by atoms with van der Waals surface area (Å²) in [6.07, 6.45) is 2.90. The lowest BCUT2D eigenvalue weighted by Gasteiger charge is -2.51. The maximum Gasteiger partial charge on any atom is 0.283 e. The molecule has 1 aliphatic carbocycles. The van der Waals surface area contributed by atoms with E-state index in [1.807, 2.05) is 13.8 Å². The normalized spacial score (nSPS) is 24.6. The third kappa shape index (κ3) is 2.51. The molecule has 1 aromatic rings. The highest BCUT2D eigenvalue weighted by Gasteiger charge is 2.48. The lowest BCUT2D eigenvalue weighted by molar-refractivity contribution is -0.0794. The van der Waals surface area contributed by atoms with Crippen LogP contribution in [0, 0.1) is 5.41 Å². The highest BCUT2D eigenvalue weighted by Crippen LogP contribution is 2.44. The van der Waals surface area contributed by atoms with Gasteiger partial charge in [-0.25, -0.2) is 4.68 Å². The molecule has 0 amide bonds. The molecule has 5 nitrogen and oxygen atoms in total. The van der Waals surface area contributed by atoms with Gasteiger partial charge in [-0.1, -0.05) is 13.8 Å². The van der Waals surface area contributed by atoms with Crippen LogP contribution in [0.3, 0.4) is 0 Å². The molecule has 1 fully saturated rings. The number of nitrogens with zero attached hydrogens (tertiary/aromatic N) is 2. The minimum Gasteiger partial charge on any atom is -0.381 e. The van der Waals surface area contributed by atoms with Crippen molar-refractivity contribution in [3.05, 3.63) is 21.0 Å². The Labute approximate surface area is 127 Å². The lowest BCUT2D eigenvalue weighted by atomic mass is 9.64. The molecule has 1 aromatic heterocycles. The van der Waals surface area contributed by atoms with E-state index in [4.69, 9.17) is 4.74 Å². The van der Waals surface area contributed by atoms with Crippen LogP contribution in [-0.2, 0) is 4.74 Å². The van der Waals surface area contributed by atoms with Crippen molar-refractivity contribution in [2.45, 2.75) is 52.3 Å². The van der Waals surface area contributed by atoms with Gasteiger partial charge in [0.2, 0.25) is 0 Å². The predicted octanol–water partition coefficient (Wildman–Crippen LogP) is 2.81. The minimum absolute atomic E-state index is 0.0428. The fourth-order valence-electron chi connectivity index (χ4n) is 2.63. The third-order valence-electron chi connectivity index (χ3n) is 4.22. The fourth-order valence-corrected chi connectivity index (χ4v) is 3.03. The van der Waals surface area contributed by atoms with Crippen LogP contribution in [0.4, 0.5) is 5.69 Å². The quantitative estimate of drug-likeness (QED) is 0.913. The van der Waals surface area contributed by atoms with Crippen LogP contribution in [-0.4, -0.2) is 29.0 Å². The molecule has 0 bridgehead atoms. The number of methoxy groups -OCH3 is 1. The standard InChI is InChI=1S/C14H22BrN3O2/c1-8(2)18-13(19)12(15)9(7-16-18)17-10-6-11(20-5)14(10,3)4/h7-8,10-11,17H,6H2,1-5H3. The van der Waals surface area contributed by atoms with Crippen LogP contribution in [0.1, 0.15) is 40.2 Å². The largest absolute Gasteiger partial charge is 0.381 e. The van der Waals surface area contributed by atoms with Crippen molar-refractivity contribution in [3.63, 3.8) is 0 Å². The van der Waals surface area contributed by atoms with Gasteiger partial charge < -0.3 is 10.1 Å². The second-order valence-electron chi connectivity index (χ2n) is 6.19. The van der Waals surface area contributed by atoms with Crippen LogP contribution in [0.5, 0.6) is 0 Å². The molecule has 1 aliphatic rings. The number of nitrogens with one attached hydrogen (secondary N) is 1.